The summed E-state index contributed by atoms with van der Waals surface area (Å²) in [6.45, 7) is 1.70. The van der Waals surface area contributed by atoms with Crippen molar-refractivity contribution in [2.75, 3.05) is 5.43 Å². The van der Waals surface area contributed by atoms with Crippen LogP contribution in [0.1, 0.15) is 11.3 Å². The zero-order valence-electron chi connectivity index (χ0n) is 14.1. The zero-order chi connectivity index (χ0) is 20.4. The molecule has 0 fully saturated rings. The third-order valence-electron chi connectivity index (χ3n) is 3.57. The lowest BCUT2D eigenvalue weighted by Gasteiger charge is -2.06. The molecule has 1 aromatic heterocycles. The highest BCUT2D eigenvalue weighted by molar-refractivity contribution is 9.10. The molecule has 1 heterocycles. The molecule has 4 nitrogen and oxygen atoms in total. The summed E-state index contributed by atoms with van der Waals surface area (Å²) in [6.07, 6.45) is 0.493. The molecule has 0 aliphatic carbocycles. The van der Waals surface area contributed by atoms with E-state index in [0.717, 1.165) is 4.47 Å². The largest absolute Gasteiger partial charge is 0.261 e. The lowest BCUT2D eigenvalue weighted by atomic mass is 10.2. The second kappa shape index (κ2) is 8.01. The van der Waals surface area contributed by atoms with E-state index in [0.29, 0.717) is 23.3 Å². The standard InChI is InChI=1S/C18H10BrF5N4/c1-8-6-12(27-18(26-8)9-2-4-10(19)5-3-9)28-25-7-11-13(20)15(22)17(24)16(23)14(11)21/h2-7H,1H3,(H,26,27,28). The Bertz CT molecular complexity index is 1040. The van der Waals surface area contributed by atoms with Gasteiger partial charge in [0.15, 0.2) is 34.9 Å². The van der Waals surface area contributed by atoms with Gasteiger partial charge in [0.2, 0.25) is 5.82 Å². The van der Waals surface area contributed by atoms with E-state index < -0.39 is 34.6 Å². The molecule has 28 heavy (non-hydrogen) atoms. The fourth-order valence-corrected chi connectivity index (χ4v) is 2.52. The van der Waals surface area contributed by atoms with Crippen LogP contribution in [0.5, 0.6) is 0 Å². The third kappa shape index (κ3) is 4.01. The molecule has 144 valence electrons. The molecule has 0 aliphatic heterocycles. The second-order valence-electron chi connectivity index (χ2n) is 5.58. The van der Waals surface area contributed by atoms with E-state index in [-0.39, 0.29) is 5.82 Å². The van der Waals surface area contributed by atoms with Crippen molar-refractivity contribution in [1.29, 1.82) is 0 Å². The summed E-state index contributed by atoms with van der Waals surface area (Å²) >= 11 is 3.32. The maximum Gasteiger partial charge on any atom is 0.200 e. The first-order valence-electron chi connectivity index (χ1n) is 7.70. The van der Waals surface area contributed by atoms with Gasteiger partial charge in [0.05, 0.1) is 11.8 Å². The number of aryl methyl sites for hydroxylation is 1. The number of nitrogens with one attached hydrogen (secondary N) is 1. The third-order valence-corrected chi connectivity index (χ3v) is 4.10. The van der Waals surface area contributed by atoms with Crippen molar-refractivity contribution >= 4 is 28.0 Å². The zero-order valence-corrected chi connectivity index (χ0v) is 15.7. The van der Waals surface area contributed by atoms with Crippen molar-refractivity contribution in [2.24, 2.45) is 5.10 Å². The van der Waals surface area contributed by atoms with Gasteiger partial charge in [-0.05, 0) is 19.1 Å². The van der Waals surface area contributed by atoms with Crippen molar-refractivity contribution in [3.63, 3.8) is 0 Å². The number of halogens is 6. The van der Waals surface area contributed by atoms with Crippen LogP contribution < -0.4 is 5.43 Å². The maximum atomic E-state index is 13.6. The number of hydrogen-bond acceptors (Lipinski definition) is 4. The lowest BCUT2D eigenvalue weighted by Crippen LogP contribution is -2.07. The van der Waals surface area contributed by atoms with Crippen molar-refractivity contribution in [3.05, 3.63) is 75.1 Å². The quantitative estimate of drug-likeness (QED) is 0.189. The molecule has 0 aliphatic rings. The maximum absolute atomic E-state index is 13.6. The van der Waals surface area contributed by atoms with E-state index >= 15 is 0 Å². The molecule has 3 rings (SSSR count). The average molecular weight is 457 g/mol. The number of benzene rings is 2. The monoisotopic (exact) mass is 456 g/mol. The predicted molar refractivity (Wildman–Crippen MR) is 97.4 cm³/mol. The van der Waals surface area contributed by atoms with Crippen LogP contribution in [0.4, 0.5) is 27.8 Å². The molecule has 0 radical (unpaired) electrons. The minimum Gasteiger partial charge on any atom is -0.261 e. The number of nitrogens with zero attached hydrogens (tertiary/aromatic N) is 3. The van der Waals surface area contributed by atoms with Gasteiger partial charge in [-0.25, -0.2) is 31.9 Å². The summed E-state index contributed by atoms with van der Waals surface area (Å²) < 4.78 is 67.6. The van der Waals surface area contributed by atoms with Crippen molar-refractivity contribution in [1.82, 2.24) is 9.97 Å². The summed E-state index contributed by atoms with van der Waals surface area (Å²) in [4.78, 5) is 8.49. The van der Waals surface area contributed by atoms with Crippen molar-refractivity contribution in [2.45, 2.75) is 6.92 Å². The molecule has 2 aromatic carbocycles. The van der Waals surface area contributed by atoms with Crippen LogP contribution in [-0.2, 0) is 0 Å². The normalized spacial score (nSPS) is 11.2. The van der Waals surface area contributed by atoms with Gasteiger partial charge in [-0.3, -0.25) is 5.43 Å². The first-order chi connectivity index (χ1) is 13.3. The molecule has 0 unspecified atom stereocenters. The number of hydrazone groups is 1. The highest BCUT2D eigenvalue weighted by Gasteiger charge is 2.24. The van der Waals surface area contributed by atoms with Gasteiger partial charge in [0.25, 0.3) is 0 Å². The Morgan fingerprint density at radius 2 is 1.46 bits per heavy atom. The molecule has 0 saturated carbocycles. The molecular weight excluding hydrogens is 447 g/mol. The summed E-state index contributed by atoms with van der Waals surface area (Å²) in [5.74, 6) is -9.74. The van der Waals surface area contributed by atoms with Crippen molar-refractivity contribution in [3.8, 4) is 11.4 Å². The van der Waals surface area contributed by atoms with Crippen LogP contribution in [0.15, 0.2) is 39.9 Å². The summed E-state index contributed by atoms with van der Waals surface area (Å²) in [5, 5.41) is 3.53. The van der Waals surface area contributed by atoms with Gasteiger partial charge in [-0.1, -0.05) is 28.1 Å². The van der Waals surface area contributed by atoms with E-state index in [1.54, 1.807) is 31.2 Å². The Labute approximate surface area is 164 Å². The average Bonchev–Trinajstić information content (AvgIpc) is 2.67. The van der Waals surface area contributed by atoms with Crippen LogP contribution in [0.2, 0.25) is 0 Å². The number of hydrogen-bond donors (Lipinski definition) is 1. The molecule has 3 aromatic rings. The van der Waals surface area contributed by atoms with Gasteiger partial charge in [-0.2, -0.15) is 5.10 Å². The Morgan fingerprint density at radius 3 is 2.07 bits per heavy atom. The Kier molecular flexibility index (Phi) is 5.68. The minimum atomic E-state index is -2.23. The highest BCUT2D eigenvalue weighted by Crippen LogP contribution is 2.22. The van der Waals surface area contributed by atoms with Crippen LogP contribution in [0.3, 0.4) is 0 Å². The number of rotatable bonds is 4. The lowest BCUT2D eigenvalue weighted by molar-refractivity contribution is 0.377. The van der Waals surface area contributed by atoms with Crippen molar-refractivity contribution < 1.29 is 22.0 Å². The molecular formula is C18H10BrF5N4. The fraction of sp³-hybridized carbons (Fsp3) is 0.0556. The Balaban J connectivity index is 1.89. The van der Waals surface area contributed by atoms with E-state index in [2.05, 4.69) is 36.4 Å². The van der Waals surface area contributed by atoms with Gasteiger partial charge in [-0.15, -0.1) is 0 Å². The second-order valence-corrected chi connectivity index (χ2v) is 6.49. The van der Waals surface area contributed by atoms with Crippen LogP contribution in [-0.4, -0.2) is 16.2 Å². The number of aromatic nitrogens is 2. The van der Waals surface area contributed by atoms with E-state index in [9.17, 15) is 22.0 Å². The molecule has 0 spiro atoms. The SMILES string of the molecule is Cc1cc(NN=Cc2c(F)c(F)c(F)c(F)c2F)nc(-c2ccc(Br)cc2)n1. The van der Waals surface area contributed by atoms with E-state index in [1.807, 2.05) is 0 Å². The van der Waals surface area contributed by atoms with Crippen LogP contribution >= 0.6 is 15.9 Å². The Hall–Kier alpha value is -2.88. The van der Waals surface area contributed by atoms with E-state index in [4.69, 9.17) is 0 Å². The van der Waals surface area contributed by atoms with Crippen LogP contribution in [0.25, 0.3) is 11.4 Å². The minimum absolute atomic E-state index is 0.172. The molecule has 1 N–H and O–H groups in total. The van der Waals surface area contributed by atoms with Gasteiger partial charge >= 0.3 is 0 Å². The highest BCUT2D eigenvalue weighted by atomic mass is 79.9. The van der Waals surface area contributed by atoms with Gasteiger partial charge in [0.1, 0.15) is 0 Å². The molecule has 0 saturated heterocycles. The van der Waals surface area contributed by atoms with Gasteiger partial charge < -0.3 is 0 Å². The molecule has 10 heteroatoms. The molecule has 0 atom stereocenters. The molecule has 0 amide bonds. The van der Waals surface area contributed by atoms with Crippen LogP contribution in [0, 0.1) is 36.0 Å². The van der Waals surface area contributed by atoms with Gasteiger partial charge in [0, 0.05) is 21.8 Å². The summed E-state index contributed by atoms with van der Waals surface area (Å²) in [7, 11) is 0. The topological polar surface area (TPSA) is 50.2 Å². The Morgan fingerprint density at radius 1 is 0.893 bits per heavy atom. The smallest absolute Gasteiger partial charge is 0.200 e. The first-order valence-corrected chi connectivity index (χ1v) is 8.49. The molecule has 0 bridgehead atoms. The summed E-state index contributed by atoms with van der Waals surface area (Å²) in [5.41, 5.74) is 2.51. The predicted octanol–water partition coefficient (Wildman–Crippen LogP) is 5.36. The fourth-order valence-electron chi connectivity index (χ4n) is 2.25. The first kappa shape index (κ1) is 19.9. The number of anilines is 1. The van der Waals surface area contributed by atoms with E-state index in [1.165, 1.54) is 6.07 Å². The summed E-state index contributed by atoms with van der Waals surface area (Å²) in [6, 6.07) is 8.66.